The van der Waals surface area contributed by atoms with E-state index in [0.29, 0.717) is 5.82 Å². The topological polar surface area (TPSA) is 133 Å². The van der Waals surface area contributed by atoms with Crippen molar-refractivity contribution in [3.63, 3.8) is 0 Å². The summed E-state index contributed by atoms with van der Waals surface area (Å²) in [4.78, 5) is 20.8. The number of rotatable bonds is 7. The van der Waals surface area contributed by atoms with Gasteiger partial charge in [0.25, 0.3) is 5.91 Å². The molecule has 0 spiro atoms. The predicted molar refractivity (Wildman–Crippen MR) is 114 cm³/mol. The van der Waals surface area contributed by atoms with Crippen molar-refractivity contribution in [3.05, 3.63) is 41.3 Å². The number of aliphatic hydroxyl groups excluding tert-OH is 1. The summed E-state index contributed by atoms with van der Waals surface area (Å²) in [7, 11) is -3.75. The van der Waals surface area contributed by atoms with Gasteiger partial charge in [-0.2, -0.15) is 0 Å². The Morgan fingerprint density at radius 2 is 2.00 bits per heavy atom. The van der Waals surface area contributed by atoms with Gasteiger partial charge in [0.05, 0.1) is 23.2 Å². The Hall–Kier alpha value is -2.27. The number of aliphatic hydroxyl groups is 1. The largest absolute Gasteiger partial charge is 0.394 e. The number of halogens is 1. The summed E-state index contributed by atoms with van der Waals surface area (Å²) in [6.07, 6.45) is 2.99. The number of anilines is 2. The van der Waals surface area contributed by atoms with Crippen molar-refractivity contribution in [2.75, 3.05) is 17.2 Å². The molecule has 0 atom stereocenters. The number of carbonyl (C=O) groups is 1. The van der Waals surface area contributed by atoms with E-state index in [0.717, 1.165) is 12.8 Å². The maximum atomic E-state index is 12.6. The molecule has 1 amide bonds. The van der Waals surface area contributed by atoms with Crippen LogP contribution in [0.3, 0.4) is 0 Å². The second-order valence-electron chi connectivity index (χ2n) is 8.30. The normalized spacial score (nSPS) is 15.5. The lowest BCUT2D eigenvalue weighted by Crippen LogP contribution is -2.40. The highest BCUT2D eigenvalue weighted by atomic mass is 35.5. The smallest absolute Gasteiger partial charge is 0.277 e. The van der Waals surface area contributed by atoms with Gasteiger partial charge in [-0.15, -0.1) is 0 Å². The standard InChI is InChI=1S/C19H24ClN5O4S/c1-18(2,3)25-30(28,29)13-6-4-5-12(9-13)22-17(27)15-16(20)23-14(10-21-15)24-19(11-26)7-8-19/h4-6,9-10,25-26H,7-8,11H2,1-3H3,(H,22,27)(H,23,24). The van der Waals surface area contributed by atoms with E-state index in [4.69, 9.17) is 11.6 Å². The van der Waals surface area contributed by atoms with E-state index in [1.54, 1.807) is 26.8 Å². The molecule has 30 heavy (non-hydrogen) atoms. The first kappa shape index (κ1) is 22.4. The number of nitrogens with one attached hydrogen (secondary N) is 3. The van der Waals surface area contributed by atoms with Crippen molar-refractivity contribution in [3.8, 4) is 0 Å². The van der Waals surface area contributed by atoms with Gasteiger partial charge in [0, 0.05) is 11.2 Å². The second kappa shape index (κ2) is 8.10. The SMILES string of the molecule is CC(C)(C)NS(=O)(=O)c1cccc(NC(=O)c2ncc(NC3(CO)CC3)nc2Cl)c1. The highest BCUT2D eigenvalue weighted by Crippen LogP contribution is 2.38. The molecular formula is C19H24ClN5O4S. The van der Waals surface area contributed by atoms with Crippen molar-refractivity contribution >= 4 is 39.0 Å². The minimum atomic E-state index is -3.75. The number of benzene rings is 1. The van der Waals surface area contributed by atoms with Gasteiger partial charge < -0.3 is 15.7 Å². The highest BCUT2D eigenvalue weighted by Gasteiger charge is 2.42. The van der Waals surface area contributed by atoms with Gasteiger partial charge in [0.2, 0.25) is 10.0 Å². The zero-order chi connectivity index (χ0) is 22.2. The number of nitrogens with zero attached hydrogens (tertiary/aromatic N) is 2. The number of hydrogen-bond acceptors (Lipinski definition) is 7. The van der Waals surface area contributed by atoms with E-state index in [1.807, 2.05) is 0 Å². The van der Waals surface area contributed by atoms with E-state index < -0.39 is 27.0 Å². The molecular weight excluding hydrogens is 430 g/mol. The molecule has 0 bridgehead atoms. The molecule has 4 N–H and O–H groups in total. The summed E-state index contributed by atoms with van der Waals surface area (Å²) in [6, 6.07) is 5.87. The molecule has 1 aliphatic rings. The zero-order valence-corrected chi connectivity index (χ0v) is 18.4. The van der Waals surface area contributed by atoms with Crippen LogP contribution < -0.4 is 15.4 Å². The summed E-state index contributed by atoms with van der Waals surface area (Å²) >= 11 is 6.12. The third kappa shape index (κ3) is 5.45. The van der Waals surface area contributed by atoms with Crippen LogP contribution in [0.4, 0.5) is 11.5 Å². The molecule has 1 aliphatic carbocycles. The molecule has 0 saturated heterocycles. The molecule has 0 radical (unpaired) electrons. The quantitative estimate of drug-likeness (QED) is 0.505. The van der Waals surface area contributed by atoms with Crippen LogP contribution in [0.2, 0.25) is 5.15 Å². The second-order valence-corrected chi connectivity index (χ2v) is 10.3. The van der Waals surface area contributed by atoms with Gasteiger partial charge >= 0.3 is 0 Å². The van der Waals surface area contributed by atoms with Crippen LogP contribution in [0, 0.1) is 0 Å². The molecule has 1 saturated carbocycles. The summed E-state index contributed by atoms with van der Waals surface area (Å²) in [5.74, 6) is -0.259. The summed E-state index contributed by atoms with van der Waals surface area (Å²) < 4.78 is 27.6. The molecule has 1 aromatic carbocycles. The first-order valence-electron chi connectivity index (χ1n) is 9.30. The third-order valence-corrected chi connectivity index (χ3v) is 6.36. The number of sulfonamides is 1. The Morgan fingerprint density at radius 3 is 2.57 bits per heavy atom. The predicted octanol–water partition coefficient (Wildman–Crippen LogP) is 2.40. The Bertz CT molecular complexity index is 1060. The number of amides is 1. The van der Waals surface area contributed by atoms with Crippen molar-refractivity contribution in [1.82, 2.24) is 14.7 Å². The minimum Gasteiger partial charge on any atom is -0.394 e. The molecule has 3 rings (SSSR count). The molecule has 11 heteroatoms. The van der Waals surface area contributed by atoms with Crippen molar-refractivity contribution in [1.29, 1.82) is 0 Å². The van der Waals surface area contributed by atoms with Crippen LogP contribution in [0.25, 0.3) is 0 Å². The van der Waals surface area contributed by atoms with Crippen LogP contribution in [-0.4, -0.2) is 47.1 Å². The third-order valence-electron chi connectivity index (χ3n) is 4.34. The van der Waals surface area contributed by atoms with E-state index >= 15 is 0 Å². The van der Waals surface area contributed by atoms with E-state index in [-0.39, 0.29) is 28.0 Å². The number of aromatic nitrogens is 2. The lowest BCUT2D eigenvalue weighted by atomic mass is 10.1. The molecule has 162 valence electrons. The van der Waals surface area contributed by atoms with E-state index in [1.165, 1.54) is 24.4 Å². The van der Waals surface area contributed by atoms with E-state index in [9.17, 15) is 18.3 Å². The number of hydrogen-bond donors (Lipinski definition) is 4. The molecule has 1 aromatic heterocycles. The van der Waals surface area contributed by atoms with Crippen LogP contribution in [0.15, 0.2) is 35.4 Å². The van der Waals surface area contributed by atoms with Gasteiger partial charge in [0.1, 0.15) is 5.82 Å². The van der Waals surface area contributed by atoms with Gasteiger partial charge in [-0.3, -0.25) is 4.79 Å². The van der Waals surface area contributed by atoms with Crippen LogP contribution in [0.5, 0.6) is 0 Å². The van der Waals surface area contributed by atoms with E-state index in [2.05, 4.69) is 25.3 Å². The van der Waals surface area contributed by atoms with Gasteiger partial charge in [-0.1, -0.05) is 17.7 Å². The summed E-state index contributed by atoms with van der Waals surface area (Å²) in [5.41, 5.74) is -0.868. The Labute approximate surface area is 180 Å². The average Bonchev–Trinajstić information content (AvgIpc) is 3.40. The molecule has 0 aliphatic heterocycles. The molecule has 0 unspecified atom stereocenters. The lowest BCUT2D eigenvalue weighted by Gasteiger charge is -2.20. The van der Waals surface area contributed by atoms with Gasteiger partial charge in [-0.25, -0.2) is 23.1 Å². The maximum Gasteiger partial charge on any atom is 0.277 e. The Balaban J connectivity index is 1.75. The molecule has 2 aromatic rings. The summed E-state index contributed by atoms with van der Waals surface area (Å²) in [6.45, 7) is 5.18. The monoisotopic (exact) mass is 453 g/mol. The molecule has 1 heterocycles. The zero-order valence-electron chi connectivity index (χ0n) is 16.9. The fraction of sp³-hybridized carbons (Fsp3) is 0.421. The molecule has 9 nitrogen and oxygen atoms in total. The molecule has 1 fully saturated rings. The Kier molecular flexibility index (Phi) is 6.06. The van der Waals surface area contributed by atoms with Crippen molar-refractivity contribution < 1.29 is 18.3 Å². The van der Waals surface area contributed by atoms with Gasteiger partial charge in [0.15, 0.2) is 10.8 Å². The lowest BCUT2D eigenvalue weighted by molar-refractivity contribution is 0.102. The fourth-order valence-corrected chi connectivity index (χ4v) is 4.41. The minimum absolute atomic E-state index is 0.0192. The number of carbonyl (C=O) groups excluding carboxylic acids is 1. The first-order valence-corrected chi connectivity index (χ1v) is 11.2. The Morgan fingerprint density at radius 1 is 1.30 bits per heavy atom. The average molecular weight is 454 g/mol. The first-order chi connectivity index (χ1) is 13.9. The van der Waals surface area contributed by atoms with Crippen LogP contribution >= 0.6 is 11.6 Å². The van der Waals surface area contributed by atoms with Crippen molar-refractivity contribution in [2.24, 2.45) is 0 Å². The van der Waals surface area contributed by atoms with Crippen LogP contribution in [-0.2, 0) is 10.0 Å². The highest BCUT2D eigenvalue weighted by molar-refractivity contribution is 7.89. The van der Waals surface area contributed by atoms with Gasteiger partial charge in [-0.05, 0) is 51.8 Å². The van der Waals surface area contributed by atoms with Crippen LogP contribution in [0.1, 0.15) is 44.1 Å². The summed E-state index contributed by atoms with van der Waals surface area (Å²) in [5, 5.41) is 14.9. The van der Waals surface area contributed by atoms with Crippen molar-refractivity contribution in [2.45, 2.75) is 49.6 Å². The maximum absolute atomic E-state index is 12.6. The fourth-order valence-electron chi connectivity index (χ4n) is 2.72.